The van der Waals surface area contributed by atoms with E-state index in [9.17, 15) is 4.79 Å². The van der Waals surface area contributed by atoms with Crippen molar-refractivity contribution >= 4 is 5.78 Å². The molecule has 0 N–H and O–H groups in total. The van der Waals surface area contributed by atoms with E-state index in [0.717, 1.165) is 25.2 Å². The van der Waals surface area contributed by atoms with Crippen LogP contribution < -0.4 is 0 Å². The molecule has 0 amide bonds. The average Bonchev–Trinajstić information content (AvgIpc) is 2.61. The summed E-state index contributed by atoms with van der Waals surface area (Å²) in [7, 11) is 0. The van der Waals surface area contributed by atoms with Gasteiger partial charge in [0.1, 0.15) is 12.2 Å². The average molecular weight is 261 g/mol. The van der Waals surface area contributed by atoms with E-state index in [1.807, 2.05) is 4.68 Å². The van der Waals surface area contributed by atoms with Gasteiger partial charge in [-0.05, 0) is 23.8 Å². The molecule has 0 unspecified atom stereocenters. The van der Waals surface area contributed by atoms with Gasteiger partial charge in [-0.3, -0.25) is 4.79 Å². The summed E-state index contributed by atoms with van der Waals surface area (Å²) in [6.45, 7) is 9.50. The SMILES string of the molecule is CC(C)Cn1ncnc1CC1=CC(=O)CC(C)(C)C1. The van der Waals surface area contributed by atoms with E-state index in [1.165, 1.54) is 5.57 Å². The van der Waals surface area contributed by atoms with E-state index in [-0.39, 0.29) is 11.2 Å². The van der Waals surface area contributed by atoms with Gasteiger partial charge in [0.25, 0.3) is 0 Å². The zero-order chi connectivity index (χ0) is 14.0. The molecule has 0 atom stereocenters. The maximum Gasteiger partial charge on any atom is 0.156 e. The zero-order valence-electron chi connectivity index (χ0n) is 12.3. The third-order valence-electron chi connectivity index (χ3n) is 3.34. The molecule has 2 rings (SSSR count). The van der Waals surface area contributed by atoms with Crippen LogP contribution in [-0.2, 0) is 17.8 Å². The van der Waals surface area contributed by atoms with E-state index >= 15 is 0 Å². The highest BCUT2D eigenvalue weighted by Crippen LogP contribution is 2.34. The summed E-state index contributed by atoms with van der Waals surface area (Å²) in [5.74, 6) is 1.74. The lowest BCUT2D eigenvalue weighted by Gasteiger charge is -2.28. The van der Waals surface area contributed by atoms with Gasteiger partial charge in [0, 0.05) is 19.4 Å². The Morgan fingerprint density at radius 1 is 1.37 bits per heavy atom. The van der Waals surface area contributed by atoms with Crippen molar-refractivity contribution in [3.8, 4) is 0 Å². The second kappa shape index (κ2) is 5.27. The first-order valence-corrected chi connectivity index (χ1v) is 6.95. The second-order valence-electron chi connectivity index (χ2n) is 6.72. The number of hydrogen-bond acceptors (Lipinski definition) is 3. The Balaban J connectivity index is 2.13. The van der Waals surface area contributed by atoms with Crippen LogP contribution in [0, 0.1) is 11.3 Å². The summed E-state index contributed by atoms with van der Waals surface area (Å²) in [6.07, 6.45) is 5.76. The van der Waals surface area contributed by atoms with Crippen molar-refractivity contribution in [1.82, 2.24) is 14.8 Å². The van der Waals surface area contributed by atoms with Gasteiger partial charge in [-0.25, -0.2) is 9.67 Å². The van der Waals surface area contributed by atoms with Crippen molar-refractivity contribution in [2.45, 2.75) is 53.5 Å². The molecule has 0 aliphatic heterocycles. The van der Waals surface area contributed by atoms with Gasteiger partial charge in [-0.15, -0.1) is 0 Å². The van der Waals surface area contributed by atoms with Gasteiger partial charge in [0.15, 0.2) is 5.78 Å². The maximum absolute atomic E-state index is 11.8. The standard InChI is InChI=1S/C15H23N3O/c1-11(2)9-18-14(16-10-17-18)6-12-5-13(19)8-15(3,4)7-12/h5,10-11H,6-9H2,1-4H3. The molecular weight excluding hydrogens is 238 g/mol. The molecule has 0 fully saturated rings. The molecule has 0 saturated heterocycles. The molecule has 19 heavy (non-hydrogen) atoms. The summed E-state index contributed by atoms with van der Waals surface area (Å²) in [5, 5.41) is 4.27. The van der Waals surface area contributed by atoms with Crippen LogP contribution >= 0.6 is 0 Å². The Bertz CT molecular complexity index is 497. The number of ketones is 1. The Labute approximate surface area is 114 Å². The zero-order valence-corrected chi connectivity index (χ0v) is 12.3. The summed E-state index contributed by atoms with van der Waals surface area (Å²) < 4.78 is 1.96. The van der Waals surface area contributed by atoms with E-state index < -0.39 is 0 Å². The number of nitrogens with zero attached hydrogens (tertiary/aromatic N) is 3. The molecular formula is C15H23N3O. The van der Waals surface area contributed by atoms with Crippen molar-refractivity contribution < 1.29 is 4.79 Å². The first-order chi connectivity index (χ1) is 8.85. The third kappa shape index (κ3) is 3.75. The second-order valence-corrected chi connectivity index (χ2v) is 6.72. The van der Waals surface area contributed by atoms with Crippen LogP contribution in [0.25, 0.3) is 0 Å². The van der Waals surface area contributed by atoms with Crippen LogP contribution in [0.5, 0.6) is 0 Å². The quantitative estimate of drug-likeness (QED) is 0.837. The monoisotopic (exact) mass is 261 g/mol. The van der Waals surface area contributed by atoms with Crippen molar-refractivity contribution in [3.63, 3.8) is 0 Å². The van der Waals surface area contributed by atoms with Crippen LogP contribution in [0.15, 0.2) is 18.0 Å². The fourth-order valence-corrected chi connectivity index (χ4v) is 2.72. The predicted octanol–water partition coefficient (Wildman–Crippen LogP) is 2.79. The molecule has 1 aliphatic carbocycles. The number of aromatic nitrogens is 3. The molecule has 0 radical (unpaired) electrons. The van der Waals surface area contributed by atoms with Crippen LogP contribution in [0.2, 0.25) is 0 Å². The third-order valence-corrected chi connectivity index (χ3v) is 3.34. The minimum atomic E-state index is 0.0735. The van der Waals surface area contributed by atoms with E-state index in [1.54, 1.807) is 12.4 Å². The van der Waals surface area contributed by atoms with Gasteiger partial charge >= 0.3 is 0 Å². The van der Waals surface area contributed by atoms with Gasteiger partial charge in [0.2, 0.25) is 0 Å². The van der Waals surface area contributed by atoms with E-state index in [2.05, 4.69) is 37.8 Å². The Kier molecular flexibility index (Phi) is 3.88. The van der Waals surface area contributed by atoms with Crippen molar-refractivity contribution in [1.29, 1.82) is 0 Å². The van der Waals surface area contributed by atoms with E-state index in [0.29, 0.717) is 12.3 Å². The Morgan fingerprint density at radius 3 is 2.74 bits per heavy atom. The highest BCUT2D eigenvalue weighted by Gasteiger charge is 2.27. The number of rotatable bonds is 4. The molecule has 0 aromatic carbocycles. The highest BCUT2D eigenvalue weighted by molar-refractivity contribution is 5.91. The number of carbonyl (C=O) groups is 1. The molecule has 1 aromatic rings. The molecule has 4 heteroatoms. The highest BCUT2D eigenvalue weighted by atomic mass is 16.1. The summed E-state index contributed by atoms with van der Waals surface area (Å²) in [5.41, 5.74) is 1.25. The molecule has 0 saturated carbocycles. The molecule has 1 heterocycles. The minimum absolute atomic E-state index is 0.0735. The van der Waals surface area contributed by atoms with Crippen LogP contribution in [0.1, 0.15) is 46.4 Å². The number of carbonyl (C=O) groups excluding carboxylic acids is 1. The van der Waals surface area contributed by atoms with E-state index in [4.69, 9.17) is 0 Å². The minimum Gasteiger partial charge on any atom is -0.295 e. The molecule has 104 valence electrons. The van der Waals surface area contributed by atoms with Gasteiger partial charge < -0.3 is 0 Å². The smallest absolute Gasteiger partial charge is 0.156 e. The van der Waals surface area contributed by atoms with Crippen LogP contribution in [0.3, 0.4) is 0 Å². The van der Waals surface area contributed by atoms with Gasteiger partial charge in [-0.2, -0.15) is 5.10 Å². The number of hydrogen-bond donors (Lipinski definition) is 0. The molecule has 0 spiro atoms. The largest absolute Gasteiger partial charge is 0.295 e. The summed E-state index contributed by atoms with van der Waals surface area (Å²) in [4.78, 5) is 16.1. The van der Waals surface area contributed by atoms with Crippen LogP contribution in [-0.4, -0.2) is 20.5 Å². The fourth-order valence-electron chi connectivity index (χ4n) is 2.72. The summed E-state index contributed by atoms with van der Waals surface area (Å²) in [6, 6.07) is 0. The topological polar surface area (TPSA) is 47.8 Å². The normalized spacial score (nSPS) is 18.8. The lowest BCUT2D eigenvalue weighted by atomic mass is 9.76. The molecule has 1 aromatic heterocycles. The fraction of sp³-hybridized carbons (Fsp3) is 0.667. The van der Waals surface area contributed by atoms with Gasteiger partial charge in [-0.1, -0.05) is 33.3 Å². The van der Waals surface area contributed by atoms with Crippen molar-refractivity contribution in [2.24, 2.45) is 11.3 Å². The Morgan fingerprint density at radius 2 is 2.11 bits per heavy atom. The Hall–Kier alpha value is -1.45. The van der Waals surface area contributed by atoms with Crippen LogP contribution in [0.4, 0.5) is 0 Å². The molecule has 1 aliphatic rings. The molecule has 0 bridgehead atoms. The first kappa shape index (κ1) is 14.0. The van der Waals surface area contributed by atoms with Gasteiger partial charge in [0.05, 0.1) is 0 Å². The van der Waals surface area contributed by atoms with Crippen molar-refractivity contribution in [2.75, 3.05) is 0 Å². The molecule has 4 nitrogen and oxygen atoms in total. The first-order valence-electron chi connectivity index (χ1n) is 6.95. The lowest BCUT2D eigenvalue weighted by molar-refractivity contribution is -0.117. The summed E-state index contributed by atoms with van der Waals surface area (Å²) >= 11 is 0. The predicted molar refractivity (Wildman–Crippen MR) is 74.7 cm³/mol. The maximum atomic E-state index is 11.8. The van der Waals surface area contributed by atoms with Crippen molar-refractivity contribution in [3.05, 3.63) is 23.8 Å². The lowest BCUT2D eigenvalue weighted by Crippen LogP contribution is -2.23. The number of allylic oxidation sites excluding steroid dienone is 2.